The van der Waals surface area contributed by atoms with Crippen molar-refractivity contribution in [2.45, 2.75) is 6.92 Å². The van der Waals surface area contributed by atoms with E-state index in [1.165, 1.54) is 63.5 Å². The van der Waals surface area contributed by atoms with Gasteiger partial charge in [-0.15, -0.1) is 12.4 Å². The number of ketones is 1. The summed E-state index contributed by atoms with van der Waals surface area (Å²) in [5.74, 6) is -3.80. The monoisotopic (exact) mass is 1000 g/mol. The van der Waals surface area contributed by atoms with E-state index in [4.69, 9.17) is 21.1 Å². The Balaban J connectivity index is -0.000000120. The second kappa shape index (κ2) is 34.8. The van der Waals surface area contributed by atoms with Crippen molar-refractivity contribution in [3.63, 3.8) is 0 Å². The second-order valence-corrected chi connectivity index (χ2v) is 11.1. The van der Waals surface area contributed by atoms with Gasteiger partial charge in [-0.2, -0.15) is 11.5 Å². The number of carbonyl (C=O) groups excluding carboxylic acids is 2. The molecule has 2 N–H and O–H groups in total. The molecule has 263 valence electrons. The average Bonchev–Trinajstić information content (AvgIpc) is 3.00. The van der Waals surface area contributed by atoms with Crippen molar-refractivity contribution in [3.8, 4) is 0 Å². The second-order valence-electron chi connectivity index (χ2n) is 7.33. The Labute approximate surface area is 343 Å². The number of carbonyl (C=O) groups is 3. The number of benzene rings is 3. The molecule has 0 bridgehead atoms. The maximum atomic E-state index is 13.2. The predicted octanol–water partition coefficient (Wildman–Crippen LogP) is 5.61. The van der Waals surface area contributed by atoms with Crippen molar-refractivity contribution in [1.82, 2.24) is 10.5 Å². The molecule has 0 unspecified atom stereocenters. The molecule has 0 aliphatic heterocycles. The molecule has 21 heteroatoms. The Morgan fingerprint density at radius 2 is 1.19 bits per heavy atom. The number of Topliss-reactive ketones (excluding diaryl/α,β-unsaturated/α-hetero) is 1. The van der Waals surface area contributed by atoms with Crippen molar-refractivity contribution >= 4 is 127 Å². The van der Waals surface area contributed by atoms with E-state index in [0.717, 1.165) is 17.5 Å². The molecule has 0 atom stereocenters. The van der Waals surface area contributed by atoms with Gasteiger partial charge in [0.25, 0.3) is 5.91 Å². The molecule has 48 heavy (non-hydrogen) atoms. The van der Waals surface area contributed by atoms with Crippen molar-refractivity contribution in [1.29, 1.82) is 0 Å². The van der Waals surface area contributed by atoms with Crippen LogP contribution < -0.4 is 22.5 Å². The fourth-order valence-electron chi connectivity index (χ4n) is 2.34. The van der Waals surface area contributed by atoms with Crippen LogP contribution in [-0.2, 0) is 14.2 Å². The maximum absolute atomic E-state index is 13.2. The topological polar surface area (TPSA) is 122 Å². The molecule has 9 nitrogen and oxygen atoms in total. The minimum atomic E-state index is -1.26. The fraction of sp³-hybridized carbons (Fsp3) is 0.185. The van der Waals surface area contributed by atoms with Crippen LogP contribution in [0, 0.1) is 24.9 Å². The third kappa shape index (κ3) is 26.2. The SMILES string of the molecule is CC(=O)c1cc(Br)ccc1F.CNOC.CON(C)C(=O)c1cc(Br)ccc1F.Cl.O=C(O)c1cc(Br)ccc1F.O=P[B]Cl.[Br-].[CH3-].[Mg+2]. The summed E-state index contributed by atoms with van der Waals surface area (Å²) in [6, 6.07) is 12.2. The summed E-state index contributed by atoms with van der Waals surface area (Å²) in [7, 11) is 5.93. The first-order chi connectivity index (χ1) is 20.6. The predicted molar refractivity (Wildman–Crippen MR) is 193 cm³/mol. The van der Waals surface area contributed by atoms with Crippen LogP contribution in [0.4, 0.5) is 13.2 Å². The van der Waals surface area contributed by atoms with E-state index in [1.807, 2.05) is 0 Å². The Hall–Kier alpha value is -0.629. The first-order valence-electron chi connectivity index (χ1n) is 11.5. The fourth-order valence-corrected chi connectivity index (χ4v) is 3.43. The molecule has 3 aromatic rings. The number of aromatic carboxylic acids is 1. The van der Waals surface area contributed by atoms with Crippen LogP contribution in [0.25, 0.3) is 0 Å². The number of carboxylic acids is 1. The number of hydroxylamine groups is 3. The smallest absolute Gasteiger partial charge is 1.00 e. The number of nitrogens with zero attached hydrogens (tertiary/aromatic N) is 1. The summed E-state index contributed by atoms with van der Waals surface area (Å²) in [6.07, 6.45) is 1.01. The van der Waals surface area contributed by atoms with Gasteiger partial charge >= 0.3 is 35.4 Å². The van der Waals surface area contributed by atoms with E-state index < -0.39 is 29.3 Å². The van der Waals surface area contributed by atoms with E-state index in [-0.39, 0.29) is 90.7 Å². The van der Waals surface area contributed by atoms with Gasteiger partial charge in [0.15, 0.2) is 5.78 Å². The number of rotatable bonds is 6. The molecule has 1 amide bonds. The molecular formula is C27H30BBr4Cl2F3MgN2O7P. The summed E-state index contributed by atoms with van der Waals surface area (Å²) in [6.45, 7) is 1.34. The molecule has 0 saturated carbocycles. The minimum Gasteiger partial charge on any atom is -1.00 e. The number of halogens is 9. The van der Waals surface area contributed by atoms with E-state index in [0.29, 0.717) is 13.4 Å². The van der Waals surface area contributed by atoms with E-state index in [1.54, 1.807) is 20.2 Å². The third-order valence-electron chi connectivity index (χ3n) is 4.43. The molecular weight excluding hydrogens is 978 g/mol. The van der Waals surface area contributed by atoms with Gasteiger partial charge in [0.05, 0.1) is 30.9 Å². The third-order valence-corrected chi connectivity index (χ3v) is 6.23. The molecule has 0 heterocycles. The Morgan fingerprint density at radius 3 is 1.44 bits per heavy atom. The Kier molecular flexibility index (Phi) is 43.2. The van der Waals surface area contributed by atoms with Gasteiger partial charge in [0.2, 0.25) is 0 Å². The summed E-state index contributed by atoms with van der Waals surface area (Å²) >= 11 is 14.1. The molecule has 0 aliphatic carbocycles. The van der Waals surface area contributed by atoms with Gasteiger partial charge in [-0.05, 0) is 61.5 Å². The quantitative estimate of drug-likeness (QED) is 0.108. The normalized spacial score (nSPS) is 8.58. The summed E-state index contributed by atoms with van der Waals surface area (Å²) < 4.78 is 49.6. The van der Waals surface area contributed by atoms with Gasteiger partial charge in [-0.3, -0.25) is 19.0 Å². The molecule has 0 fully saturated rings. The van der Waals surface area contributed by atoms with Gasteiger partial charge in [0, 0.05) is 27.5 Å². The Morgan fingerprint density at radius 1 is 0.875 bits per heavy atom. The number of hydrogen-bond donors (Lipinski definition) is 2. The van der Waals surface area contributed by atoms with Gasteiger partial charge in [-0.1, -0.05) is 47.8 Å². The molecule has 0 saturated heterocycles. The van der Waals surface area contributed by atoms with E-state index >= 15 is 0 Å². The molecule has 3 rings (SSSR count). The van der Waals surface area contributed by atoms with Gasteiger partial charge < -0.3 is 34.4 Å². The zero-order chi connectivity index (χ0) is 34.4. The molecule has 3 aromatic carbocycles. The summed E-state index contributed by atoms with van der Waals surface area (Å²) in [4.78, 5) is 41.5. The number of nitrogens with one attached hydrogen (secondary N) is 1. The first kappa shape index (κ1) is 59.5. The van der Waals surface area contributed by atoms with Crippen LogP contribution in [0.1, 0.15) is 38.0 Å². The van der Waals surface area contributed by atoms with E-state index in [2.05, 4.69) is 62.9 Å². The van der Waals surface area contributed by atoms with Crippen LogP contribution in [0.15, 0.2) is 68.0 Å². The standard InChI is InChI=1S/C9H9BrFNO2.C8H6BrFO.C7H4BrFO2.C2H7NO.CH3.BClOP.BrH.ClH.Mg/c1-12(14-2)9(13)7-5-6(10)3-4-8(7)11;1-5(11)7-4-6(9)2-3-8(7)10;8-4-1-2-6(9)5(3-4)7(10)11;1-3-4-2;;2-1-4-3;;;/h3-5H,1-2H3;2-4H,1H3;1-3H,(H,10,11);3H,1-2H3;1H3;;2*1H;/q;;;;-1;;;;+2/p-1. The van der Waals surface area contributed by atoms with Crippen molar-refractivity contribution < 1.29 is 63.9 Å². The van der Waals surface area contributed by atoms with Crippen LogP contribution in [-0.4, -0.2) is 85.6 Å². The summed E-state index contributed by atoms with van der Waals surface area (Å²) in [5, 5.41) is 9.39. The van der Waals surface area contributed by atoms with Crippen LogP contribution in [0.2, 0.25) is 0 Å². The number of amides is 1. The van der Waals surface area contributed by atoms with Crippen molar-refractivity contribution in [2.75, 3.05) is 28.3 Å². The maximum Gasteiger partial charge on any atom is 2.00 e. The Bertz CT molecular complexity index is 1340. The van der Waals surface area contributed by atoms with Gasteiger partial charge in [-0.25, -0.2) is 28.5 Å². The van der Waals surface area contributed by atoms with Crippen molar-refractivity contribution in [3.05, 3.63) is 110 Å². The van der Waals surface area contributed by atoms with Crippen LogP contribution >= 0.6 is 80.0 Å². The zero-order valence-electron chi connectivity index (χ0n) is 26.2. The average molecular weight is 1010 g/mol. The minimum absolute atomic E-state index is 0. The van der Waals surface area contributed by atoms with E-state index in [9.17, 15) is 27.6 Å². The largest absolute Gasteiger partial charge is 2.00 e. The molecule has 0 aliphatic rings. The van der Waals surface area contributed by atoms with Gasteiger partial charge in [0.1, 0.15) is 25.8 Å². The zero-order valence-corrected chi connectivity index (χ0v) is 36.4. The number of hydrogen-bond acceptors (Lipinski definition) is 7. The van der Waals surface area contributed by atoms with Crippen molar-refractivity contribution in [2.24, 2.45) is 0 Å². The molecule has 0 spiro atoms. The van der Waals surface area contributed by atoms with Crippen LogP contribution in [0.3, 0.4) is 0 Å². The van der Waals surface area contributed by atoms with Crippen LogP contribution in [0.5, 0.6) is 0 Å². The molecule has 0 aromatic heterocycles. The molecule has 1 radical (unpaired) electrons. The summed E-state index contributed by atoms with van der Waals surface area (Å²) in [5.41, 5.74) is 2.21. The first-order valence-corrected chi connectivity index (χ1v) is 15.2. The number of carboxylic acid groups (broad SMARTS) is 1.